The molecule has 0 saturated heterocycles. The molecule has 0 radical (unpaired) electrons. The molecule has 0 bridgehead atoms. The molecule has 0 aromatic rings. The fourth-order valence-electron chi connectivity index (χ4n) is 1.20. The van der Waals surface area contributed by atoms with E-state index in [9.17, 15) is 0 Å². The van der Waals surface area contributed by atoms with Crippen molar-refractivity contribution < 1.29 is 0 Å². The van der Waals surface area contributed by atoms with E-state index in [2.05, 4.69) is 38.0 Å². The minimum atomic E-state index is 0.982. The summed E-state index contributed by atoms with van der Waals surface area (Å²) in [5, 5.41) is 0. The standard InChI is InChI=1S/C14H20/c1-6-9-10-11-13(5)14(8-3)12(4)7-2/h8-9H,4,6-7H2,1-3,5H3. The van der Waals surface area contributed by atoms with Crippen molar-refractivity contribution >= 4 is 0 Å². The number of hydrogen-bond acceptors (Lipinski definition) is 0. The lowest BCUT2D eigenvalue weighted by Crippen LogP contribution is -1.87. The van der Waals surface area contributed by atoms with E-state index < -0.39 is 0 Å². The summed E-state index contributed by atoms with van der Waals surface area (Å²) in [4.78, 5) is 0. The predicted molar refractivity (Wildman–Crippen MR) is 64.3 cm³/mol. The summed E-state index contributed by atoms with van der Waals surface area (Å²) >= 11 is 0. The molecule has 0 amide bonds. The molecule has 0 atom stereocenters. The summed E-state index contributed by atoms with van der Waals surface area (Å²) in [7, 11) is 0. The minimum Gasteiger partial charge on any atom is -0.0952 e. The minimum absolute atomic E-state index is 0.982. The second-order valence-electron chi connectivity index (χ2n) is 3.17. The largest absolute Gasteiger partial charge is 0.0952 e. The van der Waals surface area contributed by atoms with E-state index in [0.717, 1.165) is 24.0 Å². The van der Waals surface area contributed by atoms with Gasteiger partial charge in [0.15, 0.2) is 0 Å². The summed E-state index contributed by atoms with van der Waals surface area (Å²) in [6.07, 6.45) is 6.05. The summed E-state index contributed by atoms with van der Waals surface area (Å²) in [6, 6.07) is 0. The maximum atomic E-state index is 4.03. The van der Waals surface area contributed by atoms with Crippen LogP contribution in [-0.4, -0.2) is 0 Å². The third-order valence-electron chi connectivity index (χ3n) is 2.07. The third-order valence-corrected chi connectivity index (χ3v) is 2.07. The Morgan fingerprint density at radius 2 is 2.00 bits per heavy atom. The molecule has 0 aliphatic heterocycles. The van der Waals surface area contributed by atoms with Gasteiger partial charge in [0.25, 0.3) is 0 Å². The van der Waals surface area contributed by atoms with Crippen molar-refractivity contribution in [1.82, 2.24) is 0 Å². The Bertz CT molecular complexity index is 314. The van der Waals surface area contributed by atoms with Crippen molar-refractivity contribution in [2.24, 2.45) is 0 Å². The van der Waals surface area contributed by atoms with Gasteiger partial charge in [0, 0.05) is 5.57 Å². The summed E-state index contributed by atoms with van der Waals surface area (Å²) in [5.74, 6) is 0. The van der Waals surface area contributed by atoms with Crippen LogP contribution in [-0.2, 0) is 0 Å². The summed E-state index contributed by atoms with van der Waals surface area (Å²) < 4.78 is 0. The van der Waals surface area contributed by atoms with Crippen molar-refractivity contribution in [2.75, 3.05) is 0 Å². The van der Waals surface area contributed by atoms with Crippen LogP contribution >= 0.6 is 0 Å². The van der Waals surface area contributed by atoms with Crippen LogP contribution in [0.5, 0.6) is 0 Å². The van der Waals surface area contributed by atoms with Gasteiger partial charge in [-0.15, -0.1) is 0 Å². The highest BCUT2D eigenvalue weighted by Gasteiger charge is 2.00. The van der Waals surface area contributed by atoms with Gasteiger partial charge in [0.2, 0.25) is 0 Å². The van der Waals surface area contributed by atoms with Gasteiger partial charge in [0.05, 0.1) is 0 Å². The van der Waals surface area contributed by atoms with Gasteiger partial charge in [-0.05, 0) is 43.9 Å². The van der Waals surface area contributed by atoms with Gasteiger partial charge in [-0.2, -0.15) is 0 Å². The Morgan fingerprint density at radius 3 is 2.43 bits per heavy atom. The third kappa shape index (κ3) is 4.14. The summed E-state index contributed by atoms with van der Waals surface area (Å²) in [5.41, 5.74) is 9.64. The molecule has 0 aromatic heterocycles. The first-order valence-corrected chi connectivity index (χ1v) is 5.18. The first-order valence-electron chi connectivity index (χ1n) is 5.18. The SMILES string of the molecule is C=C(CC)C(=CC)C(C)=C=C=CCC. The van der Waals surface area contributed by atoms with Crippen molar-refractivity contribution in [1.29, 1.82) is 0 Å². The van der Waals surface area contributed by atoms with Crippen LogP contribution in [0.25, 0.3) is 0 Å². The molecule has 0 aliphatic carbocycles. The van der Waals surface area contributed by atoms with Gasteiger partial charge >= 0.3 is 0 Å². The lowest BCUT2D eigenvalue weighted by Gasteiger charge is -2.05. The average Bonchev–Trinajstić information content (AvgIpc) is 2.19. The Balaban J connectivity index is 5.00. The topological polar surface area (TPSA) is 0 Å². The predicted octanol–water partition coefficient (Wildman–Crippen LogP) is 4.57. The van der Waals surface area contributed by atoms with Gasteiger partial charge in [-0.1, -0.05) is 38.0 Å². The van der Waals surface area contributed by atoms with Crippen LogP contribution in [0.1, 0.15) is 40.5 Å². The molecule has 0 heteroatoms. The van der Waals surface area contributed by atoms with Crippen molar-refractivity contribution in [2.45, 2.75) is 40.5 Å². The highest BCUT2D eigenvalue weighted by atomic mass is 14.0. The van der Waals surface area contributed by atoms with Crippen molar-refractivity contribution in [3.05, 3.63) is 46.9 Å². The van der Waals surface area contributed by atoms with E-state index in [1.165, 1.54) is 5.57 Å². The molecular weight excluding hydrogens is 168 g/mol. The van der Waals surface area contributed by atoms with Gasteiger partial charge < -0.3 is 0 Å². The molecule has 14 heavy (non-hydrogen) atoms. The molecule has 0 spiro atoms. The van der Waals surface area contributed by atoms with Crippen LogP contribution in [0.4, 0.5) is 0 Å². The summed E-state index contributed by atoms with van der Waals surface area (Å²) in [6.45, 7) is 12.3. The van der Waals surface area contributed by atoms with Crippen LogP contribution in [0.15, 0.2) is 46.9 Å². The van der Waals surface area contributed by atoms with Gasteiger partial charge in [-0.25, -0.2) is 0 Å². The van der Waals surface area contributed by atoms with Crippen molar-refractivity contribution in [3.63, 3.8) is 0 Å². The zero-order valence-electron chi connectivity index (χ0n) is 9.78. The molecule has 0 aliphatic rings. The Hall–Kier alpha value is -1.22. The lowest BCUT2D eigenvalue weighted by atomic mass is 9.99. The molecule has 0 saturated carbocycles. The monoisotopic (exact) mass is 188 g/mol. The maximum absolute atomic E-state index is 4.03. The van der Waals surface area contributed by atoms with Crippen molar-refractivity contribution in [3.8, 4) is 0 Å². The quantitative estimate of drug-likeness (QED) is 0.448. The molecule has 0 fully saturated rings. The highest BCUT2D eigenvalue weighted by molar-refractivity contribution is 5.43. The van der Waals surface area contributed by atoms with E-state index in [4.69, 9.17) is 0 Å². The van der Waals surface area contributed by atoms with E-state index in [0.29, 0.717) is 0 Å². The first kappa shape index (κ1) is 12.8. The van der Waals surface area contributed by atoms with Crippen LogP contribution in [0.2, 0.25) is 0 Å². The fourth-order valence-corrected chi connectivity index (χ4v) is 1.20. The first-order chi connectivity index (χ1) is 6.67. The van der Waals surface area contributed by atoms with Gasteiger partial charge in [-0.3, -0.25) is 0 Å². The van der Waals surface area contributed by atoms with E-state index in [1.54, 1.807) is 0 Å². The van der Waals surface area contributed by atoms with Crippen LogP contribution < -0.4 is 0 Å². The molecule has 0 rings (SSSR count). The van der Waals surface area contributed by atoms with E-state index in [-0.39, 0.29) is 0 Å². The molecule has 0 heterocycles. The van der Waals surface area contributed by atoms with Gasteiger partial charge in [0.1, 0.15) is 0 Å². The number of rotatable bonds is 4. The molecule has 0 unspecified atom stereocenters. The second kappa shape index (κ2) is 7.21. The lowest BCUT2D eigenvalue weighted by molar-refractivity contribution is 1.11. The molecular formula is C14H20. The molecule has 0 N–H and O–H groups in total. The number of hydrogen-bond donors (Lipinski definition) is 0. The molecule has 0 nitrogen and oxygen atoms in total. The Labute approximate surface area is 88.0 Å². The smallest absolute Gasteiger partial charge is 0.00642 e. The number of allylic oxidation sites excluding steroid dienone is 5. The van der Waals surface area contributed by atoms with Crippen LogP contribution in [0.3, 0.4) is 0 Å². The highest BCUT2D eigenvalue weighted by Crippen LogP contribution is 2.18. The van der Waals surface area contributed by atoms with E-state index >= 15 is 0 Å². The Kier molecular flexibility index (Phi) is 6.58. The van der Waals surface area contributed by atoms with E-state index in [1.807, 2.05) is 19.9 Å². The zero-order valence-corrected chi connectivity index (χ0v) is 9.78. The average molecular weight is 188 g/mol. The molecule has 0 aromatic carbocycles. The normalized spacial score (nSPS) is 10.1. The Morgan fingerprint density at radius 1 is 1.36 bits per heavy atom. The maximum Gasteiger partial charge on any atom is 0.00642 e. The molecule has 76 valence electrons. The van der Waals surface area contributed by atoms with Crippen LogP contribution in [0, 0.1) is 0 Å². The second-order valence-corrected chi connectivity index (χ2v) is 3.17. The fraction of sp³-hybridized carbons (Fsp3) is 0.429. The zero-order chi connectivity index (χ0) is 11.0.